The van der Waals surface area contributed by atoms with Crippen LogP contribution in [0.25, 0.3) is 0 Å². The molecule has 0 aliphatic carbocycles. The number of aryl methyl sites for hydroxylation is 1. The molecule has 1 N–H and O–H groups in total. The highest BCUT2D eigenvalue weighted by atomic mass is 35.5. The predicted octanol–water partition coefficient (Wildman–Crippen LogP) is 4.89. The summed E-state index contributed by atoms with van der Waals surface area (Å²) in [4.78, 5) is 0. The van der Waals surface area contributed by atoms with E-state index in [1.165, 1.54) is 12.1 Å². The van der Waals surface area contributed by atoms with Crippen LogP contribution >= 0.6 is 11.6 Å². The molecule has 0 amide bonds. The van der Waals surface area contributed by atoms with Crippen LogP contribution in [0.3, 0.4) is 0 Å². The van der Waals surface area contributed by atoms with E-state index in [-0.39, 0.29) is 5.56 Å². The molecule has 2 aromatic rings. The van der Waals surface area contributed by atoms with Gasteiger partial charge in [-0.1, -0.05) is 23.7 Å². The number of benzene rings is 2. The van der Waals surface area contributed by atoms with Gasteiger partial charge >= 0.3 is 6.18 Å². The molecule has 0 bridgehead atoms. The zero-order valence-corrected chi connectivity index (χ0v) is 11.6. The fourth-order valence-electron chi connectivity index (χ4n) is 1.89. The number of hydrogen-bond acceptors (Lipinski definition) is 1. The van der Waals surface area contributed by atoms with Crippen molar-refractivity contribution in [1.82, 2.24) is 0 Å². The van der Waals surface area contributed by atoms with Crippen molar-refractivity contribution < 1.29 is 22.7 Å². The SMILES string of the molecule is Cc1ccc(C(O)c2cc(C(F)(F)F)ccc2F)cc1Cl. The lowest BCUT2D eigenvalue weighted by atomic mass is 9.98. The van der Waals surface area contributed by atoms with Gasteiger partial charge in [-0.05, 0) is 42.3 Å². The van der Waals surface area contributed by atoms with Gasteiger partial charge in [-0.2, -0.15) is 13.2 Å². The molecule has 0 saturated carbocycles. The number of rotatable bonds is 2. The topological polar surface area (TPSA) is 20.2 Å². The summed E-state index contributed by atoms with van der Waals surface area (Å²) in [7, 11) is 0. The fourth-order valence-corrected chi connectivity index (χ4v) is 2.08. The molecule has 0 aliphatic rings. The Morgan fingerprint density at radius 2 is 1.76 bits per heavy atom. The van der Waals surface area contributed by atoms with E-state index >= 15 is 0 Å². The Hall–Kier alpha value is -1.59. The van der Waals surface area contributed by atoms with Gasteiger partial charge in [0.15, 0.2) is 0 Å². The number of halogens is 5. The van der Waals surface area contributed by atoms with Crippen LogP contribution in [0.4, 0.5) is 17.6 Å². The summed E-state index contributed by atoms with van der Waals surface area (Å²) in [5.41, 5.74) is -0.484. The van der Waals surface area contributed by atoms with Crippen LogP contribution < -0.4 is 0 Å². The van der Waals surface area contributed by atoms with Gasteiger partial charge in [-0.3, -0.25) is 0 Å². The molecular weight excluding hydrogens is 308 g/mol. The molecule has 0 heterocycles. The van der Waals surface area contributed by atoms with E-state index in [0.29, 0.717) is 23.2 Å². The van der Waals surface area contributed by atoms with Crippen molar-refractivity contribution in [3.8, 4) is 0 Å². The van der Waals surface area contributed by atoms with Crippen molar-refractivity contribution in [1.29, 1.82) is 0 Å². The van der Waals surface area contributed by atoms with Gasteiger partial charge in [0.1, 0.15) is 11.9 Å². The van der Waals surface area contributed by atoms with Gasteiger partial charge in [0.2, 0.25) is 0 Å². The minimum Gasteiger partial charge on any atom is -0.384 e. The summed E-state index contributed by atoms with van der Waals surface area (Å²) in [6.07, 6.45) is -6.13. The van der Waals surface area contributed by atoms with Crippen LogP contribution in [0.5, 0.6) is 0 Å². The van der Waals surface area contributed by atoms with E-state index in [1.807, 2.05) is 0 Å². The van der Waals surface area contributed by atoms with E-state index in [4.69, 9.17) is 11.6 Å². The lowest BCUT2D eigenvalue weighted by Crippen LogP contribution is -2.09. The van der Waals surface area contributed by atoms with Crippen LogP contribution in [-0.2, 0) is 6.18 Å². The highest BCUT2D eigenvalue weighted by Crippen LogP contribution is 2.34. The first kappa shape index (κ1) is 15.8. The summed E-state index contributed by atoms with van der Waals surface area (Å²) in [5, 5.41) is 10.5. The third-order valence-electron chi connectivity index (χ3n) is 3.13. The molecule has 0 spiro atoms. The number of alkyl halides is 3. The maximum absolute atomic E-state index is 13.7. The van der Waals surface area contributed by atoms with Crippen molar-refractivity contribution in [3.05, 3.63) is 69.5 Å². The summed E-state index contributed by atoms with van der Waals surface area (Å²) in [6, 6.07) is 6.43. The van der Waals surface area contributed by atoms with Crippen molar-refractivity contribution in [2.75, 3.05) is 0 Å². The van der Waals surface area contributed by atoms with Crippen molar-refractivity contribution in [2.24, 2.45) is 0 Å². The van der Waals surface area contributed by atoms with E-state index < -0.39 is 29.2 Å². The van der Waals surface area contributed by atoms with E-state index in [9.17, 15) is 22.7 Å². The third-order valence-corrected chi connectivity index (χ3v) is 3.54. The number of aliphatic hydroxyl groups is 1. The quantitative estimate of drug-likeness (QED) is 0.782. The largest absolute Gasteiger partial charge is 0.416 e. The van der Waals surface area contributed by atoms with Gasteiger partial charge in [-0.15, -0.1) is 0 Å². The van der Waals surface area contributed by atoms with E-state index in [0.717, 1.165) is 5.56 Å². The Bertz CT molecular complexity index is 667. The van der Waals surface area contributed by atoms with Crippen molar-refractivity contribution in [2.45, 2.75) is 19.2 Å². The molecule has 1 unspecified atom stereocenters. The zero-order valence-electron chi connectivity index (χ0n) is 10.9. The Morgan fingerprint density at radius 1 is 1.10 bits per heavy atom. The zero-order chi connectivity index (χ0) is 15.8. The molecule has 112 valence electrons. The van der Waals surface area contributed by atoms with Crippen molar-refractivity contribution >= 4 is 11.6 Å². The molecule has 0 radical (unpaired) electrons. The molecule has 0 fully saturated rings. The summed E-state index contributed by atoms with van der Waals surface area (Å²) in [5.74, 6) is -0.910. The van der Waals surface area contributed by atoms with Gasteiger partial charge in [0.05, 0.1) is 5.56 Å². The van der Waals surface area contributed by atoms with Gasteiger partial charge < -0.3 is 5.11 Å². The molecule has 0 aromatic heterocycles. The molecule has 0 aliphatic heterocycles. The number of aliphatic hydroxyl groups excluding tert-OH is 1. The second kappa shape index (κ2) is 5.66. The van der Waals surface area contributed by atoms with Crippen LogP contribution in [0.15, 0.2) is 36.4 Å². The van der Waals surface area contributed by atoms with Gasteiger partial charge in [0, 0.05) is 10.6 Å². The maximum Gasteiger partial charge on any atom is 0.416 e. The highest BCUT2D eigenvalue weighted by Gasteiger charge is 2.32. The van der Waals surface area contributed by atoms with Gasteiger partial charge in [-0.25, -0.2) is 4.39 Å². The Labute approximate surface area is 123 Å². The molecule has 1 nitrogen and oxygen atoms in total. The third kappa shape index (κ3) is 3.36. The minimum atomic E-state index is -4.60. The molecule has 0 saturated heterocycles. The second-order valence-electron chi connectivity index (χ2n) is 4.65. The fraction of sp³-hybridized carbons (Fsp3) is 0.200. The first-order chi connectivity index (χ1) is 9.70. The molecule has 2 aromatic carbocycles. The average molecular weight is 319 g/mol. The first-order valence-electron chi connectivity index (χ1n) is 6.01. The first-order valence-corrected chi connectivity index (χ1v) is 6.38. The Kier molecular flexibility index (Phi) is 4.25. The lowest BCUT2D eigenvalue weighted by Gasteiger charge is -2.15. The van der Waals surface area contributed by atoms with Crippen LogP contribution in [-0.4, -0.2) is 5.11 Å². The Morgan fingerprint density at radius 3 is 2.33 bits per heavy atom. The second-order valence-corrected chi connectivity index (χ2v) is 5.05. The highest BCUT2D eigenvalue weighted by molar-refractivity contribution is 6.31. The monoisotopic (exact) mass is 318 g/mol. The molecule has 1 atom stereocenters. The van der Waals surface area contributed by atoms with Crippen LogP contribution in [0.2, 0.25) is 5.02 Å². The minimum absolute atomic E-state index is 0.226. The van der Waals surface area contributed by atoms with Crippen LogP contribution in [0.1, 0.15) is 28.4 Å². The van der Waals surface area contributed by atoms with E-state index in [1.54, 1.807) is 13.0 Å². The smallest absolute Gasteiger partial charge is 0.384 e. The molecule has 2 rings (SSSR count). The van der Waals surface area contributed by atoms with E-state index in [2.05, 4.69) is 0 Å². The van der Waals surface area contributed by atoms with Crippen molar-refractivity contribution in [3.63, 3.8) is 0 Å². The van der Waals surface area contributed by atoms with Crippen LogP contribution in [0, 0.1) is 12.7 Å². The predicted molar refractivity (Wildman–Crippen MR) is 71.7 cm³/mol. The summed E-state index contributed by atoms with van der Waals surface area (Å²) < 4.78 is 51.7. The lowest BCUT2D eigenvalue weighted by molar-refractivity contribution is -0.137. The summed E-state index contributed by atoms with van der Waals surface area (Å²) in [6.45, 7) is 1.74. The maximum atomic E-state index is 13.7. The molecular formula is C15H11ClF4O. The average Bonchev–Trinajstić information content (AvgIpc) is 2.40. The standard InChI is InChI=1S/C15H11ClF4O/c1-8-2-3-9(6-12(8)16)14(21)11-7-10(15(18,19)20)4-5-13(11)17/h2-7,14,21H,1H3. The normalized spacial score (nSPS) is 13.3. The molecule has 21 heavy (non-hydrogen) atoms. The Balaban J connectivity index is 2.47. The number of hydrogen-bond donors (Lipinski definition) is 1. The molecule has 6 heteroatoms. The van der Waals surface area contributed by atoms with Gasteiger partial charge in [0.25, 0.3) is 0 Å². The summed E-state index contributed by atoms with van der Waals surface area (Å²) >= 11 is 5.90.